The van der Waals surface area contributed by atoms with E-state index in [1.807, 2.05) is 0 Å². The van der Waals surface area contributed by atoms with Gasteiger partial charge in [-0.3, -0.25) is 18.9 Å². The molecule has 0 amide bonds. The lowest BCUT2D eigenvalue weighted by atomic mass is 9.99. The minimum Gasteiger partial charge on any atom is -0.291 e. The number of hydrogen-bond acceptors (Lipinski definition) is 0. The number of hydrogen-bond donors (Lipinski definition) is 0. The molecule has 0 aliphatic heterocycles. The Morgan fingerprint density at radius 3 is 1.40 bits per heavy atom. The first-order valence-corrected chi connectivity index (χ1v) is 12.5. The van der Waals surface area contributed by atoms with E-state index in [-0.39, 0.29) is 16.5 Å². The van der Waals surface area contributed by atoms with Crippen molar-refractivity contribution in [1.82, 2.24) is 0 Å². The maximum absolute atomic E-state index is 2.56. The van der Waals surface area contributed by atoms with Gasteiger partial charge in [-0.25, -0.2) is 0 Å². The van der Waals surface area contributed by atoms with Crippen LogP contribution < -0.4 is 3.69 Å². The zero-order chi connectivity index (χ0) is 13.8. The maximum atomic E-state index is 2.56. The molecule has 94 valence electrons. The van der Waals surface area contributed by atoms with Crippen LogP contribution in [0.5, 0.6) is 0 Å². The molecular weight excluding hydrogens is 367 g/mol. The van der Waals surface area contributed by atoms with Gasteiger partial charge in [0, 0.05) is 0 Å². The van der Waals surface area contributed by atoms with Crippen LogP contribution in [-0.2, 0) is 0 Å². The van der Waals surface area contributed by atoms with Gasteiger partial charge in [-0.15, -0.1) is 0 Å². The van der Waals surface area contributed by atoms with E-state index in [2.05, 4.69) is 97.7 Å². The Morgan fingerprint density at radius 2 is 1.00 bits per heavy atom. The molecule has 3 rings (SSSR count). The SMILES string of the molecule is [I][Mg][c]1cc(-c2ccccc2)cc(-c2ccccc2)c1. The van der Waals surface area contributed by atoms with Crippen LogP contribution in [0, 0.1) is 0 Å². The molecule has 2 heteroatoms. The van der Waals surface area contributed by atoms with Crippen molar-refractivity contribution in [1.29, 1.82) is 0 Å². The van der Waals surface area contributed by atoms with E-state index in [9.17, 15) is 0 Å². The van der Waals surface area contributed by atoms with Crippen LogP contribution in [0.15, 0.2) is 78.9 Å². The highest BCUT2D eigenvalue weighted by Crippen LogP contribution is 2.25. The second-order valence-corrected chi connectivity index (χ2v) is 8.16. The lowest BCUT2D eigenvalue weighted by molar-refractivity contribution is 1.61. The van der Waals surface area contributed by atoms with E-state index < -0.39 is 0 Å². The van der Waals surface area contributed by atoms with Gasteiger partial charge in [-0.05, 0) is 28.3 Å². The Kier molecular flexibility index (Phi) is 4.76. The fraction of sp³-hybridized carbons (Fsp3) is 0. The molecule has 0 spiro atoms. The fourth-order valence-electron chi connectivity index (χ4n) is 2.36. The summed E-state index contributed by atoms with van der Waals surface area (Å²) in [5.41, 5.74) is 5.24. The highest BCUT2D eigenvalue weighted by atomic mass is 127. The van der Waals surface area contributed by atoms with Crippen LogP contribution in [0.2, 0.25) is 0 Å². The summed E-state index contributed by atoms with van der Waals surface area (Å²) in [6, 6.07) is 28.3. The van der Waals surface area contributed by atoms with Crippen molar-refractivity contribution in [2.45, 2.75) is 0 Å². The summed E-state index contributed by atoms with van der Waals surface area (Å²) in [6.07, 6.45) is 0. The van der Waals surface area contributed by atoms with Crippen LogP contribution >= 0.6 is 18.9 Å². The summed E-state index contributed by atoms with van der Waals surface area (Å²) in [6.45, 7) is 0. The maximum Gasteiger partial charge on any atom is 0.502 e. The van der Waals surface area contributed by atoms with Gasteiger partial charge in [0.15, 0.2) is 0 Å². The summed E-state index contributed by atoms with van der Waals surface area (Å²) < 4.78 is 1.51. The molecule has 0 nitrogen and oxygen atoms in total. The second-order valence-electron chi connectivity index (χ2n) is 4.78. The molecule has 0 bridgehead atoms. The van der Waals surface area contributed by atoms with Crippen molar-refractivity contribution < 1.29 is 0 Å². The molecule has 0 saturated heterocycles. The minimum absolute atomic E-state index is 0.191. The van der Waals surface area contributed by atoms with Gasteiger partial charge in [0.2, 0.25) is 0 Å². The number of halogens is 1. The van der Waals surface area contributed by atoms with Gasteiger partial charge < -0.3 is 0 Å². The lowest BCUT2D eigenvalue weighted by Crippen LogP contribution is -2.08. The standard InChI is InChI=1S/C18H13.HI.Mg/c1-3-8-15(9-4-1)17-12-7-13-18(14-17)16-10-5-2-6-11-16;;/h1-6,8-14H;1H;/q;;+1/p-1. The van der Waals surface area contributed by atoms with Crippen LogP contribution in [0.1, 0.15) is 0 Å². The molecule has 0 N–H and O–H groups in total. The molecule has 20 heavy (non-hydrogen) atoms. The Labute approximate surface area is 139 Å². The first-order valence-electron chi connectivity index (χ1n) is 6.67. The third-order valence-corrected chi connectivity index (χ3v) is 6.72. The summed E-state index contributed by atoms with van der Waals surface area (Å²) >= 11 is 2.37. The summed E-state index contributed by atoms with van der Waals surface area (Å²) in [5, 5.41) is 0. The van der Waals surface area contributed by atoms with Gasteiger partial charge in [-0.1, -0.05) is 72.8 Å². The highest BCUT2D eigenvalue weighted by molar-refractivity contribution is 14.1. The molecule has 0 heterocycles. The molecule has 0 unspecified atom stereocenters. The lowest BCUT2D eigenvalue weighted by Gasteiger charge is -2.09. The van der Waals surface area contributed by atoms with E-state index in [0.717, 1.165) is 0 Å². The average molecular weight is 381 g/mol. The predicted molar refractivity (Wildman–Crippen MR) is 96.7 cm³/mol. The quantitative estimate of drug-likeness (QED) is 0.456. The highest BCUT2D eigenvalue weighted by Gasteiger charge is 2.05. The zero-order valence-corrected chi connectivity index (χ0v) is 14.7. The van der Waals surface area contributed by atoms with Crippen LogP contribution in [0.4, 0.5) is 0 Å². The second kappa shape index (κ2) is 6.74. The Bertz CT molecular complexity index is 635. The van der Waals surface area contributed by atoms with Crippen molar-refractivity contribution in [3.8, 4) is 22.3 Å². The summed E-state index contributed by atoms with van der Waals surface area (Å²) in [7, 11) is 0. The van der Waals surface area contributed by atoms with Crippen molar-refractivity contribution in [2.24, 2.45) is 0 Å². The largest absolute Gasteiger partial charge is 0.502 e. The monoisotopic (exact) mass is 380 g/mol. The average Bonchev–Trinajstić information content (AvgIpc) is 2.56. The first kappa shape index (κ1) is 14.1. The molecule has 0 radical (unpaired) electrons. The summed E-state index contributed by atoms with van der Waals surface area (Å²) in [4.78, 5) is 0. The smallest absolute Gasteiger partial charge is 0.291 e. The van der Waals surface area contributed by atoms with Gasteiger partial charge >= 0.3 is 16.5 Å². The topological polar surface area (TPSA) is 0 Å². The zero-order valence-electron chi connectivity index (χ0n) is 11.1. The van der Waals surface area contributed by atoms with E-state index in [1.54, 1.807) is 0 Å². The van der Waals surface area contributed by atoms with Crippen molar-refractivity contribution in [2.75, 3.05) is 0 Å². The van der Waals surface area contributed by atoms with Gasteiger partial charge in [0.1, 0.15) is 0 Å². The van der Waals surface area contributed by atoms with Gasteiger partial charge in [-0.2, -0.15) is 3.69 Å². The van der Waals surface area contributed by atoms with E-state index in [4.69, 9.17) is 0 Å². The Hall–Kier alpha value is -0.844. The van der Waals surface area contributed by atoms with Crippen LogP contribution in [0.3, 0.4) is 0 Å². The minimum atomic E-state index is -0.191. The van der Waals surface area contributed by atoms with Crippen LogP contribution in [0.25, 0.3) is 22.3 Å². The van der Waals surface area contributed by atoms with Gasteiger partial charge in [0.05, 0.1) is 0 Å². The van der Waals surface area contributed by atoms with Gasteiger partial charge in [0.25, 0.3) is 0 Å². The van der Waals surface area contributed by atoms with Crippen molar-refractivity contribution in [3.05, 3.63) is 78.9 Å². The number of benzene rings is 3. The molecule has 0 aliphatic carbocycles. The van der Waals surface area contributed by atoms with E-state index in [1.165, 1.54) is 25.9 Å². The molecule has 3 aromatic rings. The molecule has 3 aromatic carbocycles. The third-order valence-electron chi connectivity index (χ3n) is 3.36. The van der Waals surface area contributed by atoms with E-state index >= 15 is 0 Å². The molecular formula is C18H13IMg. The fourth-order valence-corrected chi connectivity index (χ4v) is 4.28. The summed E-state index contributed by atoms with van der Waals surface area (Å²) in [5.74, 6) is 0. The molecule has 0 saturated carbocycles. The molecule has 0 fully saturated rings. The first-order chi connectivity index (χ1) is 9.86. The Morgan fingerprint density at radius 1 is 0.550 bits per heavy atom. The Balaban J connectivity index is 2.13. The van der Waals surface area contributed by atoms with Crippen molar-refractivity contribution >= 4 is 39.0 Å². The van der Waals surface area contributed by atoms with Crippen LogP contribution in [-0.4, -0.2) is 16.5 Å². The van der Waals surface area contributed by atoms with Crippen molar-refractivity contribution in [3.63, 3.8) is 0 Å². The predicted octanol–water partition coefficient (Wildman–Crippen LogP) is 4.70. The molecule has 0 aliphatic rings. The number of rotatable bonds is 3. The molecule has 0 aromatic heterocycles. The third kappa shape index (κ3) is 3.24. The normalized spacial score (nSPS) is 10.1. The van der Waals surface area contributed by atoms with E-state index in [0.29, 0.717) is 0 Å². The molecule has 0 atom stereocenters.